The molecule has 0 aliphatic carbocycles. The van der Waals surface area contributed by atoms with E-state index in [2.05, 4.69) is 10.3 Å². The van der Waals surface area contributed by atoms with Crippen molar-refractivity contribution in [1.82, 2.24) is 4.98 Å². The molecule has 96 valence electrons. The predicted octanol–water partition coefficient (Wildman–Crippen LogP) is 3.57. The fourth-order valence-electron chi connectivity index (χ4n) is 1.59. The molecule has 0 aliphatic heterocycles. The molecule has 7 heteroatoms. The average molecular weight is 262 g/mol. The minimum Gasteiger partial charge on any atom is -0.388 e. The Kier molecular flexibility index (Phi) is 2.84. The van der Waals surface area contributed by atoms with Crippen LogP contribution >= 0.6 is 0 Å². The lowest BCUT2D eigenvalue weighted by Crippen LogP contribution is -2.10. The average Bonchev–Trinajstić information content (AvgIpc) is 2.31. The van der Waals surface area contributed by atoms with E-state index in [1.807, 2.05) is 0 Å². The Balaban J connectivity index is 2.85. The molecule has 0 amide bonds. The second-order valence-corrected chi connectivity index (χ2v) is 3.56. The van der Waals surface area contributed by atoms with Crippen LogP contribution in [0.25, 0.3) is 10.9 Å². The van der Waals surface area contributed by atoms with Gasteiger partial charge in [0.05, 0.1) is 0 Å². The number of fused-ring (bicyclic) bond motifs is 1. The smallest absolute Gasteiger partial charge is 0.388 e. The van der Waals surface area contributed by atoms with Gasteiger partial charge in [0.25, 0.3) is 0 Å². The first-order chi connectivity index (χ1) is 8.34. The first kappa shape index (κ1) is 12.5. The van der Waals surface area contributed by atoms with Crippen LogP contribution in [0.3, 0.4) is 0 Å². The van der Waals surface area contributed by atoms with Crippen LogP contribution in [-0.4, -0.2) is 12.0 Å². The van der Waals surface area contributed by atoms with E-state index in [-0.39, 0.29) is 11.1 Å². The molecular weight excluding hydrogens is 255 g/mol. The van der Waals surface area contributed by atoms with Gasteiger partial charge in [-0.05, 0) is 18.2 Å². The van der Waals surface area contributed by atoms with Crippen molar-refractivity contribution in [2.45, 2.75) is 6.18 Å². The Labute approximate surface area is 98.4 Å². The van der Waals surface area contributed by atoms with Crippen LogP contribution < -0.4 is 5.32 Å². The Morgan fingerprint density at radius 1 is 1.17 bits per heavy atom. The molecule has 0 saturated heterocycles. The van der Waals surface area contributed by atoms with Crippen LogP contribution in [0.15, 0.2) is 18.2 Å². The van der Waals surface area contributed by atoms with E-state index in [9.17, 15) is 22.0 Å². The molecule has 0 spiro atoms. The molecule has 0 atom stereocenters. The van der Waals surface area contributed by atoms with Gasteiger partial charge in [-0.25, -0.2) is 13.8 Å². The van der Waals surface area contributed by atoms with Crippen LogP contribution in [0.5, 0.6) is 0 Å². The topological polar surface area (TPSA) is 24.9 Å². The molecule has 18 heavy (non-hydrogen) atoms. The highest BCUT2D eigenvalue weighted by Crippen LogP contribution is 2.34. The van der Waals surface area contributed by atoms with Gasteiger partial charge in [0.15, 0.2) is 11.6 Å². The number of halogens is 5. The second kappa shape index (κ2) is 4.08. The maximum atomic E-state index is 13.5. The number of anilines is 1. The Bertz CT molecular complexity index is 606. The number of benzene rings is 1. The van der Waals surface area contributed by atoms with Crippen molar-refractivity contribution in [1.29, 1.82) is 0 Å². The third-order valence-electron chi connectivity index (χ3n) is 2.43. The highest BCUT2D eigenvalue weighted by atomic mass is 19.4. The van der Waals surface area contributed by atoms with Crippen molar-refractivity contribution in [2.75, 3.05) is 12.4 Å². The van der Waals surface area contributed by atoms with Crippen LogP contribution in [0, 0.1) is 11.6 Å². The number of hydrogen-bond donors (Lipinski definition) is 1. The van der Waals surface area contributed by atoms with Gasteiger partial charge in [-0.3, -0.25) is 0 Å². The zero-order valence-corrected chi connectivity index (χ0v) is 9.07. The van der Waals surface area contributed by atoms with Crippen LogP contribution in [0.2, 0.25) is 0 Å². The zero-order chi connectivity index (χ0) is 13.5. The van der Waals surface area contributed by atoms with E-state index < -0.39 is 29.0 Å². The normalized spacial score (nSPS) is 11.9. The monoisotopic (exact) mass is 262 g/mol. The quantitative estimate of drug-likeness (QED) is 0.794. The standard InChI is InChI=1S/C11H7F5N2/c1-17-7-4-8(11(14,15)16)18-10-5(7)2-3-6(12)9(10)13/h2-4H,1H3,(H,17,18). The molecule has 1 heterocycles. The highest BCUT2D eigenvalue weighted by Gasteiger charge is 2.33. The molecule has 2 aromatic rings. The largest absolute Gasteiger partial charge is 0.433 e. The molecule has 0 unspecified atom stereocenters. The van der Waals surface area contributed by atoms with Gasteiger partial charge >= 0.3 is 6.18 Å². The third-order valence-corrected chi connectivity index (χ3v) is 2.43. The molecule has 1 N–H and O–H groups in total. The summed E-state index contributed by atoms with van der Waals surface area (Å²) in [7, 11) is 1.39. The lowest BCUT2D eigenvalue weighted by molar-refractivity contribution is -0.140. The zero-order valence-electron chi connectivity index (χ0n) is 9.07. The van der Waals surface area contributed by atoms with Crippen molar-refractivity contribution in [3.8, 4) is 0 Å². The SMILES string of the molecule is CNc1cc(C(F)(F)F)nc2c(F)c(F)ccc12. The third kappa shape index (κ3) is 1.96. The second-order valence-electron chi connectivity index (χ2n) is 3.56. The lowest BCUT2D eigenvalue weighted by atomic mass is 10.1. The molecule has 0 radical (unpaired) electrons. The number of hydrogen-bond acceptors (Lipinski definition) is 2. The minimum atomic E-state index is -4.72. The van der Waals surface area contributed by atoms with Gasteiger partial charge in [0, 0.05) is 18.1 Å². The van der Waals surface area contributed by atoms with E-state index in [0.29, 0.717) is 0 Å². The van der Waals surface area contributed by atoms with E-state index in [0.717, 1.165) is 12.1 Å². The summed E-state index contributed by atoms with van der Waals surface area (Å²) in [6.07, 6.45) is -4.72. The maximum Gasteiger partial charge on any atom is 0.433 e. The number of pyridine rings is 1. The summed E-state index contributed by atoms with van der Waals surface area (Å²) < 4.78 is 64.1. The van der Waals surface area contributed by atoms with E-state index in [1.165, 1.54) is 13.1 Å². The van der Waals surface area contributed by atoms with Gasteiger partial charge in [0.2, 0.25) is 0 Å². The summed E-state index contributed by atoms with van der Waals surface area (Å²) >= 11 is 0. The summed E-state index contributed by atoms with van der Waals surface area (Å²) in [6.45, 7) is 0. The van der Waals surface area contributed by atoms with Gasteiger partial charge in [-0.2, -0.15) is 13.2 Å². The predicted molar refractivity (Wildman–Crippen MR) is 56.2 cm³/mol. The van der Waals surface area contributed by atoms with E-state index in [4.69, 9.17) is 0 Å². The number of rotatable bonds is 1. The van der Waals surface area contributed by atoms with Crippen LogP contribution in [0.4, 0.5) is 27.6 Å². The Hall–Kier alpha value is -1.92. The fourth-order valence-corrected chi connectivity index (χ4v) is 1.59. The Morgan fingerprint density at radius 2 is 1.83 bits per heavy atom. The minimum absolute atomic E-state index is 0.0335. The van der Waals surface area contributed by atoms with E-state index in [1.54, 1.807) is 0 Å². The Morgan fingerprint density at radius 3 is 2.39 bits per heavy atom. The van der Waals surface area contributed by atoms with Crippen molar-refractivity contribution < 1.29 is 22.0 Å². The molecular formula is C11H7F5N2. The number of alkyl halides is 3. The maximum absolute atomic E-state index is 13.5. The molecule has 0 fully saturated rings. The number of nitrogens with one attached hydrogen (secondary N) is 1. The number of nitrogens with zero attached hydrogens (tertiary/aromatic N) is 1. The molecule has 1 aromatic carbocycles. The van der Waals surface area contributed by atoms with Gasteiger partial charge in [0.1, 0.15) is 11.2 Å². The van der Waals surface area contributed by atoms with Crippen LogP contribution in [0.1, 0.15) is 5.69 Å². The summed E-state index contributed by atoms with van der Waals surface area (Å²) in [6, 6.07) is 2.76. The summed E-state index contributed by atoms with van der Waals surface area (Å²) in [5, 5.41) is 2.59. The van der Waals surface area contributed by atoms with Crippen molar-refractivity contribution in [3.05, 3.63) is 35.5 Å². The van der Waals surface area contributed by atoms with Crippen LogP contribution in [-0.2, 0) is 6.18 Å². The number of aromatic nitrogens is 1. The van der Waals surface area contributed by atoms with Crippen molar-refractivity contribution in [3.63, 3.8) is 0 Å². The van der Waals surface area contributed by atoms with Crippen molar-refractivity contribution in [2.24, 2.45) is 0 Å². The lowest BCUT2D eigenvalue weighted by Gasteiger charge is -2.11. The molecule has 0 bridgehead atoms. The molecule has 2 rings (SSSR count). The first-order valence-electron chi connectivity index (χ1n) is 4.88. The van der Waals surface area contributed by atoms with Gasteiger partial charge < -0.3 is 5.32 Å². The molecule has 1 aromatic heterocycles. The molecule has 0 aliphatic rings. The first-order valence-corrected chi connectivity index (χ1v) is 4.88. The summed E-state index contributed by atoms with van der Waals surface area (Å²) in [5.41, 5.74) is -1.88. The van der Waals surface area contributed by atoms with Crippen molar-refractivity contribution >= 4 is 16.6 Å². The highest BCUT2D eigenvalue weighted by molar-refractivity contribution is 5.91. The van der Waals surface area contributed by atoms with Gasteiger partial charge in [-0.15, -0.1) is 0 Å². The summed E-state index contributed by atoms with van der Waals surface area (Å²) in [5.74, 6) is -2.63. The van der Waals surface area contributed by atoms with Gasteiger partial charge in [-0.1, -0.05) is 0 Å². The van der Waals surface area contributed by atoms with E-state index >= 15 is 0 Å². The summed E-state index contributed by atoms with van der Waals surface area (Å²) in [4.78, 5) is 3.14. The molecule has 2 nitrogen and oxygen atoms in total. The fraction of sp³-hybridized carbons (Fsp3) is 0.182. The molecule has 0 saturated carbocycles.